The zero-order chi connectivity index (χ0) is 6.53. The first-order valence-corrected chi connectivity index (χ1v) is 3.78. The second-order valence-electron chi connectivity index (χ2n) is 2.66. The number of hydrogen-bond acceptors (Lipinski definition) is 1. The molecule has 1 nitrogen and oxygen atoms in total. The van der Waals surface area contributed by atoms with Crippen molar-refractivity contribution in [3.8, 4) is 0 Å². The largest absolute Gasteiger partial charge is 0.314 e. The van der Waals surface area contributed by atoms with Crippen molar-refractivity contribution >= 4 is 0 Å². The van der Waals surface area contributed by atoms with Gasteiger partial charge in [-0.25, -0.2) is 0 Å². The molecule has 0 heterocycles. The highest BCUT2D eigenvalue weighted by Crippen LogP contribution is 2.18. The number of allylic oxidation sites excluding steroid dienone is 1. The van der Waals surface area contributed by atoms with E-state index in [4.69, 9.17) is 0 Å². The lowest BCUT2D eigenvalue weighted by atomic mass is 10.3. The minimum absolute atomic E-state index is 0.870. The Kier molecular flexibility index (Phi) is 2.78. The third-order valence-electron chi connectivity index (χ3n) is 1.60. The van der Waals surface area contributed by atoms with Crippen molar-refractivity contribution < 1.29 is 0 Å². The fraction of sp³-hybridized carbons (Fsp3) is 0.750. The summed E-state index contributed by atoms with van der Waals surface area (Å²) in [4.78, 5) is 0. The summed E-state index contributed by atoms with van der Waals surface area (Å²) in [6.07, 6.45) is 7.18. The SMILES string of the molecule is C=CCCCNC1CC1. The summed E-state index contributed by atoms with van der Waals surface area (Å²) in [6, 6.07) is 0.870. The Morgan fingerprint density at radius 3 is 2.89 bits per heavy atom. The molecule has 0 aromatic heterocycles. The van der Waals surface area contributed by atoms with Gasteiger partial charge in [-0.2, -0.15) is 0 Å². The molecule has 1 aliphatic rings. The van der Waals surface area contributed by atoms with Crippen LogP contribution in [0.1, 0.15) is 25.7 Å². The van der Waals surface area contributed by atoms with Gasteiger partial charge in [-0.3, -0.25) is 0 Å². The van der Waals surface area contributed by atoms with Gasteiger partial charge in [0.2, 0.25) is 0 Å². The summed E-state index contributed by atoms with van der Waals surface area (Å²) < 4.78 is 0. The molecule has 1 aliphatic carbocycles. The average molecular weight is 125 g/mol. The molecule has 0 amide bonds. The van der Waals surface area contributed by atoms with E-state index in [-0.39, 0.29) is 0 Å². The minimum atomic E-state index is 0.870. The summed E-state index contributed by atoms with van der Waals surface area (Å²) >= 11 is 0. The molecule has 0 saturated heterocycles. The third kappa shape index (κ3) is 3.31. The van der Waals surface area contributed by atoms with E-state index in [1.807, 2.05) is 6.08 Å². The van der Waals surface area contributed by atoms with Crippen LogP contribution < -0.4 is 5.32 Å². The molecule has 0 atom stereocenters. The fourth-order valence-electron chi connectivity index (χ4n) is 0.840. The normalized spacial score (nSPS) is 17.8. The van der Waals surface area contributed by atoms with Crippen molar-refractivity contribution in [2.24, 2.45) is 0 Å². The molecule has 1 N–H and O–H groups in total. The van der Waals surface area contributed by atoms with E-state index in [9.17, 15) is 0 Å². The molecule has 52 valence electrons. The van der Waals surface area contributed by atoms with Crippen molar-refractivity contribution in [2.45, 2.75) is 31.7 Å². The lowest BCUT2D eigenvalue weighted by Crippen LogP contribution is -2.16. The van der Waals surface area contributed by atoms with Crippen LogP contribution >= 0.6 is 0 Å². The van der Waals surface area contributed by atoms with Gasteiger partial charge in [0.1, 0.15) is 0 Å². The molecule has 0 aromatic carbocycles. The highest BCUT2D eigenvalue weighted by Gasteiger charge is 2.19. The molecule has 9 heavy (non-hydrogen) atoms. The van der Waals surface area contributed by atoms with Gasteiger partial charge in [0, 0.05) is 6.04 Å². The Morgan fingerprint density at radius 2 is 2.33 bits per heavy atom. The zero-order valence-corrected chi connectivity index (χ0v) is 5.90. The van der Waals surface area contributed by atoms with Crippen LogP contribution in [0, 0.1) is 0 Å². The molecule has 0 spiro atoms. The van der Waals surface area contributed by atoms with Gasteiger partial charge >= 0.3 is 0 Å². The van der Waals surface area contributed by atoms with Crippen LogP contribution in [-0.4, -0.2) is 12.6 Å². The molecule has 1 saturated carbocycles. The lowest BCUT2D eigenvalue weighted by Gasteiger charge is -1.97. The highest BCUT2D eigenvalue weighted by molar-refractivity contribution is 4.80. The predicted molar refractivity (Wildman–Crippen MR) is 40.5 cm³/mol. The standard InChI is InChI=1S/C8H15N/c1-2-3-4-7-9-8-5-6-8/h2,8-9H,1,3-7H2. The number of hydrogen-bond donors (Lipinski definition) is 1. The average Bonchev–Trinajstić information content (AvgIpc) is 2.63. The first-order chi connectivity index (χ1) is 4.43. The zero-order valence-electron chi connectivity index (χ0n) is 5.90. The van der Waals surface area contributed by atoms with E-state index < -0.39 is 0 Å². The van der Waals surface area contributed by atoms with E-state index in [1.165, 1.54) is 25.8 Å². The van der Waals surface area contributed by atoms with Crippen LogP contribution in [0.4, 0.5) is 0 Å². The Bertz CT molecular complexity index is 84.6. The van der Waals surface area contributed by atoms with E-state index >= 15 is 0 Å². The van der Waals surface area contributed by atoms with Crippen molar-refractivity contribution in [2.75, 3.05) is 6.54 Å². The monoisotopic (exact) mass is 125 g/mol. The van der Waals surface area contributed by atoms with Gasteiger partial charge in [-0.15, -0.1) is 6.58 Å². The first kappa shape index (κ1) is 6.81. The number of unbranched alkanes of at least 4 members (excludes halogenated alkanes) is 1. The molecule has 1 rings (SSSR count). The van der Waals surface area contributed by atoms with E-state index in [0.29, 0.717) is 0 Å². The fourth-order valence-corrected chi connectivity index (χ4v) is 0.840. The molecule has 0 aromatic rings. The van der Waals surface area contributed by atoms with Crippen molar-refractivity contribution in [3.05, 3.63) is 12.7 Å². The van der Waals surface area contributed by atoms with Crippen LogP contribution in [0.2, 0.25) is 0 Å². The predicted octanol–water partition coefficient (Wildman–Crippen LogP) is 1.70. The van der Waals surface area contributed by atoms with Gasteiger partial charge in [-0.05, 0) is 32.2 Å². The van der Waals surface area contributed by atoms with Gasteiger partial charge in [0.25, 0.3) is 0 Å². The molecule has 0 radical (unpaired) electrons. The highest BCUT2D eigenvalue weighted by atomic mass is 14.9. The van der Waals surface area contributed by atoms with Crippen LogP contribution in [0.5, 0.6) is 0 Å². The summed E-state index contributed by atoms with van der Waals surface area (Å²) in [7, 11) is 0. The van der Waals surface area contributed by atoms with Crippen molar-refractivity contribution in [1.82, 2.24) is 5.32 Å². The Morgan fingerprint density at radius 1 is 1.56 bits per heavy atom. The van der Waals surface area contributed by atoms with Crippen LogP contribution in [0.25, 0.3) is 0 Å². The second-order valence-corrected chi connectivity index (χ2v) is 2.66. The summed E-state index contributed by atoms with van der Waals surface area (Å²) in [5.41, 5.74) is 0. The lowest BCUT2D eigenvalue weighted by molar-refractivity contribution is 0.651. The van der Waals surface area contributed by atoms with Crippen LogP contribution in [-0.2, 0) is 0 Å². The third-order valence-corrected chi connectivity index (χ3v) is 1.60. The van der Waals surface area contributed by atoms with E-state index in [1.54, 1.807) is 0 Å². The van der Waals surface area contributed by atoms with Crippen LogP contribution in [0.15, 0.2) is 12.7 Å². The molecular weight excluding hydrogens is 110 g/mol. The van der Waals surface area contributed by atoms with Gasteiger partial charge in [-0.1, -0.05) is 6.08 Å². The van der Waals surface area contributed by atoms with Gasteiger partial charge in [0.05, 0.1) is 0 Å². The van der Waals surface area contributed by atoms with Crippen molar-refractivity contribution in [3.63, 3.8) is 0 Å². The van der Waals surface area contributed by atoms with E-state index in [0.717, 1.165) is 12.5 Å². The topological polar surface area (TPSA) is 12.0 Å². The maximum atomic E-state index is 3.67. The molecule has 1 fully saturated rings. The molecule has 1 heteroatoms. The first-order valence-electron chi connectivity index (χ1n) is 3.78. The maximum Gasteiger partial charge on any atom is 0.00682 e. The number of nitrogens with one attached hydrogen (secondary N) is 1. The molecule has 0 bridgehead atoms. The van der Waals surface area contributed by atoms with Gasteiger partial charge in [0.15, 0.2) is 0 Å². The quantitative estimate of drug-likeness (QED) is 0.435. The summed E-state index contributed by atoms with van der Waals surface area (Å²) in [5.74, 6) is 0. The second kappa shape index (κ2) is 3.67. The Labute approximate surface area is 57.1 Å². The summed E-state index contributed by atoms with van der Waals surface area (Å²) in [6.45, 7) is 4.84. The number of rotatable bonds is 5. The maximum absolute atomic E-state index is 3.67. The summed E-state index contributed by atoms with van der Waals surface area (Å²) in [5, 5.41) is 3.44. The van der Waals surface area contributed by atoms with Crippen LogP contribution in [0.3, 0.4) is 0 Å². The molecular formula is C8H15N. The van der Waals surface area contributed by atoms with Gasteiger partial charge < -0.3 is 5.32 Å². The van der Waals surface area contributed by atoms with Crippen molar-refractivity contribution in [1.29, 1.82) is 0 Å². The minimum Gasteiger partial charge on any atom is -0.314 e. The smallest absolute Gasteiger partial charge is 0.00682 e. The Hall–Kier alpha value is -0.300. The van der Waals surface area contributed by atoms with E-state index in [2.05, 4.69) is 11.9 Å². The Balaban J connectivity index is 1.75. The molecule has 0 aliphatic heterocycles. The molecule has 0 unspecified atom stereocenters.